The van der Waals surface area contributed by atoms with Gasteiger partial charge in [-0.2, -0.15) is 0 Å². The molecule has 0 rings (SSSR count). The molecule has 0 aromatic carbocycles. The van der Waals surface area contributed by atoms with Gasteiger partial charge in [0.1, 0.15) is 0 Å². The zero-order valence-corrected chi connectivity index (χ0v) is 6.16. The van der Waals surface area contributed by atoms with E-state index in [0.29, 0.717) is 0 Å². The quantitative estimate of drug-likeness (QED) is 0.268. The molecule has 0 aliphatic carbocycles. The molecule has 0 radical (unpaired) electrons. The van der Waals surface area contributed by atoms with Crippen LogP contribution < -0.4 is 0 Å². The van der Waals surface area contributed by atoms with Crippen LogP contribution in [0.3, 0.4) is 0 Å². The second-order valence-corrected chi connectivity index (χ2v) is 3.17. The van der Waals surface area contributed by atoms with Crippen molar-refractivity contribution in [2.75, 3.05) is 0 Å². The van der Waals surface area contributed by atoms with E-state index in [9.17, 15) is 0 Å². The fraction of sp³-hybridized carbons (Fsp3) is 0.750. The first-order valence-corrected chi connectivity index (χ1v) is 2.81. The third kappa shape index (κ3) is 2.38. The van der Waals surface area contributed by atoms with E-state index in [-0.39, 0.29) is 5.17 Å². The summed E-state index contributed by atoms with van der Waals surface area (Å²) >= 11 is 10.9. The fourth-order valence-electron chi connectivity index (χ4n) is 0.119. The third-order valence-electron chi connectivity index (χ3n) is 0.578. The van der Waals surface area contributed by atoms with Crippen LogP contribution in [-0.2, 0) is 0 Å². The normalized spacial score (nSPS) is 14.2. The Hall–Kier alpha value is 0.0500. The maximum atomic E-state index is 8.04. The minimum absolute atomic E-state index is 0.000772. The Morgan fingerprint density at radius 3 is 2.00 bits per heavy atom. The van der Waals surface area contributed by atoms with Crippen LogP contribution in [0.1, 0.15) is 13.8 Å². The summed E-state index contributed by atoms with van der Waals surface area (Å²) in [5, 5.41) is 10.8. The summed E-state index contributed by atoms with van der Waals surface area (Å²) in [5.41, 5.74) is 0. The van der Waals surface area contributed by atoms with Gasteiger partial charge in [-0.05, 0) is 13.8 Å². The highest BCUT2D eigenvalue weighted by molar-refractivity contribution is 6.72. The predicted octanol–water partition coefficient (Wildman–Crippen LogP) is 2.03. The summed E-state index contributed by atoms with van der Waals surface area (Å²) < 4.78 is 0. The topological polar surface area (TPSA) is 32.6 Å². The van der Waals surface area contributed by atoms with Gasteiger partial charge >= 0.3 is 0 Å². The Balaban J connectivity index is 4.03. The lowest BCUT2D eigenvalue weighted by Crippen LogP contribution is -2.19. The highest BCUT2D eigenvalue weighted by atomic mass is 35.5. The lowest BCUT2D eigenvalue weighted by atomic mass is 10.2. The Morgan fingerprint density at radius 2 is 2.00 bits per heavy atom. The molecule has 4 heteroatoms. The van der Waals surface area contributed by atoms with E-state index in [1.807, 2.05) is 0 Å². The molecular formula is C4H7Cl2NO. The molecule has 0 aliphatic heterocycles. The molecule has 0 bridgehead atoms. The SMILES string of the molecule is CC(C)(Cl)/C(Cl)=N\O. The average Bonchev–Trinajstić information content (AvgIpc) is 1.62. The van der Waals surface area contributed by atoms with Crippen molar-refractivity contribution in [2.45, 2.75) is 18.7 Å². The molecule has 0 atom stereocenters. The van der Waals surface area contributed by atoms with E-state index in [4.69, 9.17) is 28.4 Å². The Labute approximate surface area is 58.1 Å². The van der Waals surface area contributed by atoms with Gasteiger partial charge in [-0.1, -0.05) is 16.8 Å². The van der Waals surface area contributed by atoms with Crippen molar-refractivity contribution < 1.29 is 5.21 Å². The number of hydrogen-bond donors (Lipinski definition) is 1. The summed E-state index contributed by atoms with van der Waals surface area (Å²) in [7, 11) is 0. The van der Waals surface area contributed by atoms with Gasteiger partial charge < -0.3 is 5.21 Å². The molecule has 0 aromatic heterocycles. The first-order valence-electron chi connectivity index (χ1n) is 2.05. The summed E-state index contributed by atoms with van der Waals surface area (Å²) in [5.74, 6) is 0. The van der Waals surface area contributed by atoms with Crippen LogP contribution >= 0.6 is 23.2 Å². The van der Waals surface area contributed by atoms with E-state index in [1.165, 1.54) is 0 Å². The molecule has 1 N–H and O–H groups in total. The molecule has 0 fully saturated rings. The van der Waals surface area contributed by atoms with Crippen molar-refractivity contribution in [1.82, 2.24) is 0 Å². The van der Waals surface area contributed by atoms with Gasteiger partial charge in [-0.3, -0.25) is 0 Å². The molecule has 0 unspecified atom stereocenters. The second-order valence-electron chi connectivity index (χ2n) is 1.86. The standard InChI is InChI=1S/C4H7Cl2NO/c1-4(2,6)3(5)7-8/h8H,1-2H3/b7-3+. The zero-order valence-electron chi connectivity index (χ0n) is 4.65. The molecule has 8 heavy (non-hydrogen) atoms. The first kappa shape index (κ1) is 8.05. The molecule has 0 aromatic rings. The van der Waals surface area contributed by atoms with E-state index < -0.39 is 4.87 Å². The summed E-state index contributed by atoms with van der Waals surface area (Å²) in [6.07, 6.45) is 0. The predicted molar refractivity (Wildman–Crippen MR) is 35.0 cm³/mol. The molecule has 0 aliphatic rings. The van der Waals surface area contributed by atoms with Crippen molar-refractivity contribution in [2.24, 2.45) is 5.16 Å². The first-order chi connectivity index (χ1) is 3.48. The molecule has 0 amide bonds. The molecular weight excluding hydrogens is 149 g/mol. The number of nitrogens with zero attached hydrogens (tertiary/aromatic N) is 1. The summed E-state index contributed by atoms with van der Waals surface area (Å²) in [6, 6.07) is 0. The molecule has 0 saturated heterocycles. The fourth-order valence-corrected chi connectivity index (χ4v) is 0.157. The maximum Gasteiger partial charge on any atom is 0.165 e. The maximum absolute atomic E-state index is 8.04. The van der Waals surface area contributed by atoms with Crippen LogP contribution in [0.15, 0.2) is 5.16 Å². The van der Waals surface area contributed by atoms with E-state index in [0.717, 1.165) is 0 Å². The monoisotopic (exact) mass is 155 g/mol. The van der Waals surface area contributed by atoms with Crippen LogP contribution in [0.2, 0.25) is 0 Å². The van der Waals surface area contributed by atoms with Crippen molar-refractivity contribution in [3.05, 3.63) is 0 Å². The Bertz CT molecular complexity index is 105. The minimum Gasteiger partial charge on any atom is -0.410 e. The van der Waals surface area contributed by atoms with E-state index >= 15 is 0 Å². The van der Waals surface area contributed by atoms with Crippen molar-refractivity contribution in [3.63, 3.8) is 0 Å². The number of oxime groups is 1. The van der Waals surface area contributed by atoms with Gasteiger partial charge in [0.25, 0.3) is 0 Å². The number of rotatable bonds is 1. The van der Waals surface area contributed by atoms with Crippen LogP contribution in [0, 0.1) is 0 Å². The highest BCUT2D eigenvalue weighted by Crippen LogP contribution is 2.16. The lowest BCUT2D eigenvalue weighted by Gasteiger charge is -2.09. The molecule has 0 heterocycles. The van der Waals surface area contributed by atoms with E-state index in [1.54, 1.807) is 13.8 Å². The smallest absolute Gasteiger partial charge is 0.165 e. The van der Waals surface area contributed by atoms with Gasteiger partial charge in [-0.25, -0.2) is 0 Å². The van der Waals surface area contributed by atoms with Crippen molar-refractivity contribution in [1.29, 1.82) is 0 Å². The van der Waals surface area contributed by atoms with Crippen LogP contribution in [0.25, 0.3) is 0 Å². The second kappa shape index (κ2) is 2.55. The van der Waals surface area contributed by atoms with Crippen molar-refractivity contribution >= 4 is 28.4 Å². The third-order valence-corrected chi connectivity index (χ3v) is 1.40. The number of alkyl halides is 1. The molecule has 2 nitrogen and oxygen atoms in total. The number of halogens is 2. The minimum atomic E-state index is -0.754. The summed E-state index contributed by atoms with van der Waals surface area (Å²) in [4.78, 5) is -0.754. The van der Waals surface area contributed by atoms with Gasteiger partial charge in [0.2, 0.25) is 0 Å². The van der Waals surface area contributed by atoms with Gasteiger partial charge in [0, 0.05) is 0 Å². The van der Waals surface area contributed by atoms with Crippen LogP contribution in [0.4, 0.5) is 0 Å². The van der Waals surface area contributed by atoms with Crippen LogP contribution in [-0.4, -0.2) is 15.3 Å². The molecule has 0 spiro atoms. The average molecular weight is 156 g/mol. The molecule has 48 valence electrons. The van der Waals surface area contributed by atoms with Gasteiger partial charge in [0.15, 0.2) is 5.17 Å². The van der Waals surface area contributed by atoms with Crippen LogP contribution in [0.5, 0.6) is 0 Å². The Kier molecular flexibility index (Phi) is 2.57. The number of hydrogen-bond acceptors (Lipinski definition) is 2. The summed E-state index contributed by atoms with van der Waals surface area (Å²) in [6.45, 7) is 3.27. The van der Waals surface area contributed by atoms with Crippen molar-refractivity contribution in [3.8, 4) is 0 Å². The lowest BCUT2D eigenvalue weighted by molar-refractivity contribution is 0.318. The van der Waals surface area contributed by atoms with Gasteiger partial charge in [-0.15, -0.1) is 11.6 Å². The Morgan fingerprint density at radius 1 is 1.62 bits per heavy atom. The largest absolute Gasteiger partial charge is 0.410 e. The zero-order chi connectivity index (χ0) is 6.78. The van der Waals surface area contributed by atoms with E-state index in [2.05, 4.69) is 5.16 Å². The molecule has 0 saturated carbocycles. The van der Waals surface area contributed by atoms with Gasteiger partial charge in [0.05, 0.1) is 4.87 Å². The highest BCUT2D eigenvalue weighted by Gasteiger charge is 2.19.